The molecule has 18 rings (SSSR count). The molecule has 0 spiro atoms. The van der Waals surface area contributed by atoms with Crippen LogP contribution in [0.25, 0.3) is 101 Å². The van der Waals surface area contributed by atoms with Crippen molar-refractivity contribution in [1.29, 1.82) is 0 Å². The van der Waals surface area contributed by atoms with E-state index in [1.165, 1.54) is 111 Å². The zero-order valence-electron chi connectivity index (χ0n) is 60.5. The molecule has 0 N–H and O–H groups in total. The highest BCUT2D eigenvalue weighted by Crippen LogP contribution is 2.56. The number of benzene rings is 16. The second-order valence-corrected chi connectivity index (χ2v) is 29.1. The van der Waals surface area contributed by atoms with Crippen molar-refractivity contribution in [3.8, 4) is 55.6 Å². The molecule has 0 aliphatic heterocycles. The first kappa shape index (κ1) is 66.5. The van der Waals surface area contributed by atoms with E-state index in [1.807, 2.05) is 24.3 Å². The largest absolute Gasteiger partial charge is 0.310 e. The van der Waals surface area contributed by atoms with Gasteiger partial charge in [0.1, 0.15) is 0 Å². The Morgan fingerprint density at radius 1 is 0.222 bits per heavy atom. The summed E-state index contributed by atoms with van der Waals surface area (Å²) >= 11 is 0. The van der Waals surface area contributed by atoms with E-state index in [2.05, 4.69) is 400 Å². The van der Waals surface area contributed by atoms with E-state index in [-0.39, 0.29) is 10.8 Å². The van der Waals surface area contributed by atoms with Crippen molar-refractivity contribution in [2.24, 2.45) is 0 Å². The molecule has 0 saturated heterocycles. The molecule has 16 aromatic rings. The van der Waals surface area contributed by atoms with Crippen LogP contribution >= 0.6 is 0 Å². The van der Waals surface area contributed by atoms with Gasteiger partial charge in [-0.3, -0.25) is 0 Å². The fourth-order valence-electron chi connectivity index (χ4n) is 17.5. The molecule has 0 radical (unpaired) electrons. The predicted octanol–water partition coefficient (Wildman–Crippen LogP) is 28.0. The summed E-state index contributed by atoms with van der Waals surface area (Å²) in [5, 5.41) is 4.75. The smallest absolute Gasteiger partial charge is 0.0540 e. The molecule has 2 aliphatic rings. The standard InChI is InChI=1S/C106H80N2/c1-5-73-31-39-77(40-32-73)69-105(70-78-41-33-74(6-2)34-42-78)99-27-15-13-25-95(99)97-65-55-87(67-101(97)105)83-51-61-91(62-52-83)107(103-29-17-21-85-19-9-11-23-93(85)103)89-57-47-81(48-58-89)82-49-59-90(60-50-82)108(104-30-18-22-86-20-10-12-24-94(86)104)92-63-53-84(54-64-92)88-56-66-98-96-26-14-16-28-100(96)106(102(98)68-88,71-79-43-35-75(7-3)36-44-79)72-80-45-37-76(8-4)38-46-80/h5-68H,1-4,69-72H2. The maximum Gasteiger partial charge on any atom is 0.0540 e. The molecular formula is C106H80N2. The van der Waals surface area contributed by atoms with Gasteiger partial charge in [-0.1, -0.05) is 342 Å². The van der Waals surface area contributed by atoms with E-state index in [4.69, 9.17) is 0 Å². The summed E-state index contributed by atoms with van der Waals surface area (Å²) in [5.74, 6) is 0. The lowest BCUT2D eigenvalue weighted by Gasteiger charge is -2.33. The van der Waals surface area contributed by atoms with E-state index in [0.29, 0.717) is 0 Å². The summed E-state index contributed by atoms with van der Waals surface area (Å²) in [6.07, 6.45) is 11.1. The van der Waals surface area contributed by atoms with Crippen molar-refractivity contribution in [2.45, 2.75) is 36.5 Å². The van der Waals surface area contributed by atoms with E-state index in [1.54, 1.807) is 0 Å². The van der Waals surface area contributed by atoms with Gasteiger partial charge in [0.05, 0.1) is 11.4 Å². The SMILES string of the molecule is C=Cc1ccc(CC2(Cc3ccc(C=C)cc3)c3ccccc3-c3ccc(-c4ccc(N(c5ccc(-c6ccc(N(c7ccc(-c8ccc9c(c8)C(Cc8ccc(C=C)cc8)(Cc8ccc(C=C)cc8)c8ccccc8-9)cc7)c7cccc8ccccc78)cc6)cc5)c5cccc6ccccc56)cc4)cc32)cc1. The molecule has 0 bridgehead atoms. The Morgan fingerprint density at radius 3 is 0.796 bits per heavy atom. The van der Waals surface area contributed by atoms with Crippen LogP contribution in [0.15, 0.2) is 390 Å². The second-order valence-electron chi connectivity index (χ2n) is 29.1. The lowest BCUT2D eigenvalue weighted by atomic mass is 9.69. The topological polar surface area (TPSA) is 6.48 Å². The molecule has 0 unspecified atom stereocenters. The number of hydrogen-bond acceptors (Lipinski definition) is 2. The Balaban J connectivity index is 0.668. The molecule has 0 atom stereocenters. The number of rotatable bonds is 21. The second kappa shape index (κ2) is 28.2. The molecule has 108 heavy (non-hydrogen) atoms. The lowest BCUT2D eigenvalue weighted by molar-refractivity contribution is 0.520. The third-order valence-electron chi connectivity index (χ3n) is 22.9. The third kappa shape index (κ3) is 12.2. The lowest BCUT2D eigenvalue weighted by Crippen LogP contribution is -2.31. The monoisotopic (exact) mass is 1380 g/mol. The van der Waals surface area contributed by atoms with Crippen LogP contribution in [0, 0.1) is 0 Å². The van der Waals surface area contributed by atoms with E-state index >= 15 is 0 Å². The normalized spacial score (nSPS) is 12.7. The molecule has 0 fully saturated rings. The summed E-state index contributed by atoms with van der Waals surface area (Å²) in [5.41, 5.74) is 33.2. The molecule has 0 amide bonds. The third-order valence-corrected chi connectivity index (χ3v) is 22.9. The van der Waals surface area contributed by atoms with Gasteiger partial charge >= 0.3 is 0 Å². The Bertz CT molecular complexity index is 5580. The minimum absolute atomic E-state index is 0.323. The molecule has 514 valence electrons. The van der Waals surface area contributed by atoms with Gasteiger partial charge in [0.15, 0.2) is 0 Å². The van der Waals surface area contributed by atoms with Gasteiger partial charge < -0.3 is 9.80 Å². The quantitative estimate of drug-likeness (QED) is 0.0707. The van der Waals surface area contributed by atoms with Gasteiger partial charge in [0.2, 0.25) is 0 Å². The van der Waals surface area contributed by atoms with Crippen molar-refractivity contribution in [2.75, 3.05) is 9.80 Å². The highest BCUT2D eigenvalue weighted by atomic mass is 15.1. The van der Waals surface area contributed by atoms with Crippen molar-refractivity contribution in [3.05, 3.63) is 457 Å². The summed E-state index contributed by atoms with van der Waals surface area (Å²) in [4.78, 5) is 4.83. The summed E-state index contributed by atoms with van der Waals surface area (Å²) in [6, 6.07) is 136. The molecular weight excluding hydrogens is 1300 g/mol. The van der Waals surface area contributed by atoms with E-state index < -0.39 is 0 Å². The first-order valence-corrected chi connectivity index (χ1v) is 37.6. The van der Waals surface area contributed by atoms with E-state index in [0.717, 1.165) is 93.2 Å². The molecule has 0 heterocycles. The number of hydrogen-bond donors (Lipinski definition) is 0. The van der Waals surface area contributed by atoms with Crippen LogP contribution in [0.5, 0.6) is 0 Å². The number of nitrogens with zero attached hydrogens (tertiary/aromatic N) is 2. The Hall–Kier alpha value is -13.4. The minimum Gasteiger partial charge on any atom is -0.310 e. The molecule has 2 aliphatic carbocycles. The first-order chi connectivity index (χ1) is 53.2. The first-order valence-electron chi connectivity index (χ1n) is 37.6. The van der Waals surface area contributed by atoms with Crippen LogP contribution in [0.3, 0.4) is 0 Å². The highest BCUT2D eigenvalue weighted by Gasteiger charge is 2.45. The summed E-state index contributed by atoms with van der Waals surface area (Å²) in [6.45, 7) is 16.2. The Morgan fingerprint density at radius 2 is 0.481 bits per heavy atom. The van der Waals surface area contributed by atoms with E-state index in [9.17, 15) is 0 Å². The maximum absolute atomic E-state index is 4.06. The van der Waals surface area contributed by atoms with Gasteiger partial charge in [-0.05, 0) is 232 Å². The van der Waals surface area contributed by atoms with Gasteiger partial charge in [0, 0.05) is 44.4 Å². The molecule has 0 saturated carbocycles. The predicted molar refractivity (Wildman–Crippen MR) is 461 cm³/mol. The van der Waals surface area contributed by atoms with Gasteiger partial charge in [0.25, 0.3) is 0 Å². The van der Waals surface area contributed by atoms with Crippen LogP contribution in [0.1, 0.15) is 66.8 Å². The molecule has 16 aromatic carbocycles. The fraction of sp³-hybridized carbons (Fsp3) is 0.0566. The van der Waals surface area contributed by atoms with Crippen molar-refractivity contribution in [1.82, 2.24) is 0 Å². The van der Waals surface area contributed by atoms with Gasteiger partial charge in [-0.2, -0.15) is 0 Å². The van der Waals surface area contributed by atoms with Crippen molar-refractivity contribution < 1.29 is 0 Å². The van der Waals surface area contributed by atoms with Gasteiger partial charge in [-0.15, -0.1) is 0 Å². The molecule has 0 aromatic heterocycles. The molecule has 2 nitrogen and oxygen atoms in total. The number of fused-ring (bicyclic) bond motifs is 8. The summed E-state index contributed by atoms with van der Waals surface area (Å²) in [7, 11) is 0. The fourth-order valence-corrected chi connectivity index (χ4v) is 17.5. The zero-order valence-corrected chi connectivity index (χ0v) is 60.5. The number of anilines is 6. The van der Waals surface area contributed by atoms with Crippen molar-refractivity contribution in [3.63, 3.8) is 0 Å². The average molecular weight is 1380 g/mol. The van der Waals surface area contributed by atoms with Crippen LogP contribution < -0.4 is 9.80 Å². The van der Waals surface area contributed by atoms with Crippen LogP contribution in [-0.4, -0.2) is 0 Å². The Labute approximate surface area is 634 Å². The highest BCUT2D eigenvalue weighted by molar-refractivity contribution is 6.01. The van der Waals surface area contributed by atoms with Crippen molar-refractivity contribution >= 4 is 80.0 Å². The average Bonchev–Trinajstić information content (AvgIpc) is 1.56. The minimum atomic E-state index is -0.323. The Kier molecular flexibility index (Phi) is 17.4. The van der Waals surface area contributed by atoms with Crippen LogP contribution in [0.2, 0.25) is 0 Å². The summed E-state index contributed by atoms with van der Waals surface area (Å²) < 4.78 is 0. The van der Waals surface area contributed by atoms with Crippen LogP contribution in [-0.2, 0) is 36.5 Å². The van der Waals surface area contributed by atoms with Gasteiger partial charge in [-0.25, -0.2) is 0 Å². The zero-order chi connectivity index (χ0) is 72.7. The molecule has 2 heteroatoms. The maximum atomic E-state index is 4.06. The van der Waals surface area contributed by atoms with Crippen LogP contribution in [0.4, 0.5) is 34.1 Å².